The van der Waals surface area contributed by atoms with Gasteiger partial charge in [0.1, 0.15) is 13.2 Å². The lowest BCUT2D eigenvalue weighted by Gasteiger charge is -2.25. The summed E-state index contributed by atoms with van der Waals surface area (Å²) in [4.78, 5) is 23.4. The van der Waals surface area contributed by atoms with Gasteiger partial charge in [0.2, 0.25) is 5.91 Å². The Morgan fingerprint density at radius 2 is 0.705 bits per heavy atom. The fourth-order valence-electron chi connectivity index (χ4n) is 10.8. The first-order chi connectivity index (χ1) is 38.0. The van der Waals surface area contributed by atoms with Crippen molar-refractivity contribution in [1.82, 2.24) is 5.32 Å². The molecule has 0 spiro atoms. The molecule has 0 aromatic rings. The van der Waals surface area contributed by atoms with Crippen LogP contribution >= 0.6 is 7.82 Å². The Labute approximate surface area is 487 Å². The second kappa shape index (κ2) is 60.6. The van der Waals surface area contributed by atoms with Crippen LogP contribution in [-0.2, 0) is 18.4 Å². The van der Waals surface area contributed by atoms with Gasteiger partial charge in [0.15, 0.2) is 0 Å². The van der Waals surface area contributed by atoms with E-state index < -0.39 is 20.0 Å². The molecule has 0 radical (unpaired) electrons. The van der Waals surface area contributed by atoms with Crippen molar-refractivity contribution in [2.24, 2.45) is 0 Å². The van der Waals surface area contributed by atoms with Gasteiger partial charge in [-0.05, 0) is 32.1 Å². The smallest absolute Gasteiger partial charge is 0.387 e. The molecule has 0 heterocycles. The number of quaternary nitrogens is 1. The third-order valence-electron chi connectivity index (χ3n) is 16.2. The van der Waals surface area contributed by atoms with E-state index in [1.54, 1.807) is 6.08 Å². The molecule has 0 aliphatic heterocycles. The third kappa shape index (κ3) is 62.6. The van der Waals surface area contributed by atoms with Gasteiger partial charge in [0.25, 0.3) is 0 Å². The van der Waals surface area contributed by atoms with Gasteiger partial charge in [-0.15, -0.1) is 0 Å². The first kappa shape index (κ1) is 77.0. The van der Waals surface area contributed by atoms with Gasteiger partial charge in [-0.3, -0.25) is 13.8 Å². The highest BCUT2D eigenvalue weighted by Gasteiger charge is 2.28. The molecule has 3 unspecified atom stereocenters. The molecule has 9 heteroatoms. The number of phosphoric acid groups is 1. The van der Waals surface area contributed by atoms with Crippen molar-refractivity contribution < 1.29 is 32.9 Å². The molecule has 0 saturated heterocycles. The van der Waals surface area contributed by atoms with E-state index in [0.29, 0.717) is 17.4 Å². The second-order valence-electron chi connectivity index (χ2n) is 25.3. The van der Waals surface area contributed by atoms with E-state index in [9.17, 15) is 19.4 Å². The molecular weight excluding hydrogens is 984 g/mol. The average Bonchev–Trinajstić information content (AvgIpc) is 3.41. The van der Waals surface area contributed by atoms with E-state index in [-0.39, 0.29) is 19.1 Å². The molecule has 3 N–H and O–H groups in total. The van der Waals surface area contributed by atoms with E-state index in [1.165, 1.54) is 302 Å². The highest BCUT2D eigenvalue weighted by atomic mass is 31.2. The summed E-state index contributed by atoms with van der Waals surface area (Å²) in [7, 11) is 1.57. The lowest BCUT2D eigenvalue weighted by atomic mass is 10.0. The maximum atomic E-state index is 13.0. The molecular formula is C69H138N2O6P+. The topological polar surface area (TPSA) is 105 Å². The van der Waals surface area contributed by atoms with Crippen LogP contribution in [0, 0.1) is 0 Å². The fraction of sp³-hybridized carbons (Fsp3) is 0.928. The predicted molar refractivity (Wildman–Crippen MR) is 342 cm³/mol. The van der Waals surface area contributed by atoms with Crippen molar-refractivity contribution in [3.05, 3.63) is 24.3 Å². The summed E-state index contributed by atoms with van der Waals surface area (Å²) < 4.78 is 23.8. The largest absolute Gasteiger partial charge is 0.472 e. The standard InChI is InChI=1S/C69H137N2O6P/c1-6-8-10-12-14-16-18-20-22-24-26-28-30-31-32-33-34-35-36-37-38-39-40-41-43-45-47-49-51-53-55-57-59-61-63-69(73)70-67(66-77-78(74,75)76-65-64-71(3,4)5)68(72)62-60-58-56-54-52-50-48-46-44-42-29-27-25-23-21-19-17-15-13-11-9-7-2/h52,54,60,62,67-68,72H,6-51,53,55-59,61,63-66H2,1-5H3,(H-,70,73,74,75)/p+1/b54-52+,62-60+. The molecule has 0 fully saturated rings. The number of amides is 1. The maximum absolute atomic E-state index is 13.0. The summed E-state index contributed by atoms with van der Waals surface area (Å²) in [6, 6.07) is -0.861. The van der Waals surface area contributed by atoms with Crippen molar-refractivity contribution in [3.63, 3.8) is 0 Å². The molecule has 8 nitrogen and oxygen atoms in total. The van der Waals surface area contributed by atoms with E-state index in [2.05, 4.69) is 31.3 Å². The number of nitrogens with one attached hydrogen (secondary N) is 1. The number of carbonyl (C=O) groups excluding carboxylic acids is 1. The highest BCUT2D eigenvalue weighted by molar-refractivity contribution is 7.47. The first-order valence-electron chi connectivity index (χ1n) is 34.7. The van der Waals surface area contributed by atoms with E-state index in [0.717, 1.165) is 38.5 Å². The minimum Gasteiger partial charge on any atom is -0.387 e. The quantitative estimate of drug-likeness (QED) is 0.0243. The molecule has 1 amide bonds. The molecule has 0 saturated carbocycles. The Balaban J connectivity index is 4.01. The molecule has 0 aromatic carbocycles. The van der Waals surface area contributed by atoms with Gasteiger partial charge in [0, 0.05) is 6.42 Å². The SMILES string of the molecule is CCCCCCCCCCCCCCCCCC/C=C/CC/C=C/C(O)C(COP(=O)(O)OCC[N+](C)(C)C)NC(=O)CCCCCCCCCCCCCCCCCCCCCCCCCCCCCCCCCCCC. The van der Waals surface area contributed by atoms with E-state index in [4.69, 9.17) is 9.05 Å². The number of unbranched alkanes of at least 4 members (excludes halogenated alkanes) is 50. The molecule has 0 bridgehead atoms. The van der Waals surface area contributed by atoms with Gasteiger partial charge in [-0.1, -0.05) is 346 Å². The van der Waals surface area contributed by atoms with Crippen LogP contribution in [0.15, 0.2) is 24.3 Å². The van der Waals surface area contributed by atoms with Crippen LogP contribution < -0.4 is 5.32 Å². The zero-order valence-corrected chi connectivity index (χ0v) is 54.1. The number of carbonyl (C=O) groups is 1. The van der Waals surface area contributed by atoms with Crippen molar-refractivity contribution >= 4 is 13.7 Å². The number of phosphoric ester groups is 1. The van der Waals surface area contributed by atoms with Gasteiger partial charge >= 0.3 is 7.82 Å². The number of allylic oxidation sites excluding steroid dienone is 3. The fourth-order valence-corrected chi connectivity index (χ4v) is 11.5. The van der Waals surface area contributed by atoms with Crippen molar-refractivity contribution in [3.8, 4) is 0 Å². The lowest BCUT2D eigenvalue weighted by Crippen LogP contribution is -2.45. The third-order valence-corrected chi connectivity index (χ3v) is 17.2. The summed E-state index contributed by atoms with van der Waals surface area (Å²) in [5.41, 5.74) is 0. The van der Waals surface area contributed by atoms with Crippen LogP contribution in [0.4, 0.5) is 0 Å². The van der Waals surface area contributed by atoms with Gasteiger partial charge in [-0.2, -0.15) is 0 Å². The molecule has 464 valence electrons. The number of rotatable bonds is 65. The summed E-state index contributed by atoms with van der Waals surface area (Å²) in [6.45, 7) is 4.86. The van der Waals surface area contributed by atoms with E-state index in [1.807, 2.05) is 27.2 Å². The zero-order chi connectivity index (χ0) is 57.0. The molecule has 0 aliphatic carbocycles. The van der Waals surface area contributed by atoms with Crippen LogP contribution in [0.25, 0.3) is 0 Å². The summed E-state index contributed by atoms with van der Waals surface area (Å²) in [5.74, 6) is -0.178. The maximum Gasteiger partial charge on any atom is 0.472 e. The lowest BCUT2D eigenvalue weighted by molar-refractivity contribution is -0.870. The number of aliphatic hydroxyl groups is 1. The molecule has 3 atom stereocenters. The number of hydrogen-bond acceptors (Lipinski definition) is 5. The molecule has 0 aromatic heterocycles. The van der Waals surface area contributed by atoms with Crippen molar-refractivity contribution in [2.45, 2.75) is 373 Å². The van der Waals surface area contributed by atoms with Crippen LogP contribution in [0.1, 0.15) is 361 Å². The second-order valence-corrected chi connectivity index (χ2v) is 26.7. The molecule has 78 heavy (non-hydrogen) atoms. The zero-order valence-electron chi connectivity index (χ0n) is 53.2. The number of likely N-dealkylation sites (N-methyl/N-ethyl adjacent to an activating group) is 1. The van der Waals surface area contributed by atoms with Gasteiger partial charge < -0.3 is 19.8 Å². The Kier molecular flexibility index (Phi) is 59.8. The van der Waals surface area contributed by atoms with Crippen molar-refractivity contribution in [1.29, 1.82) is 0 Å². The van der Waals surface area contributed by atoms with Gasteiger partial charge in [0.05, 0.1) is 39.9 Å². The summed E-state index contributed by atoms with van der Waals surface area (Å²) in [6.07, 6.45) is 79.1. The Hall–Kier alpha value is -1.02. The minimum absolute atomic E-state index is 0.0590. The minimum atomic E-state index is -4.36. The monoisotopic (exact) mass is 1120 g/mol. The molecule has 0 rings (SSSR count). The Morgan fingerprint density at radius 1 is 0.423 bits per heavy atom. The Bertz CT molecular complexity index is 1320. The van der Waals surface area contributed by atoms with Crippen LogP contribution in [0.5, 0.6) is 0 Å². The first-order valence-corrected chi connectivity index (χ1v) is 36.2. The highest BCUT2D eigenvalue weighted by Crippen LogP contribution is 2.43. The van der Waals surface area contributed by atoms with Gasteiger partial charge in [-0.25, -0.2) is 4.57 Å². The Morgan fingerprint density at radius 3 is 1.03 bits per heavy atom. The van der Waals surface area contributed by atoms with Crippen LogP contribution in [-0.4, -0.2) is 73.4 Å². The summed E-state index contributed by atoms with van der Waals surface area (Å²) >= 11 is 0. The number of nitrogens with zero attached hydrogens (tertiary/aromatic N) is 1. The summed E-state index contributed by atoms with van der Waals surface area (Å²) in [5, 5.41) is 14.0. The molecule has 0 aliphatic rings. The van der Waals surface area contributed by atoms with Crippen molar-refractivity contribution in [2.75, 3.05) is 40.9 Å². The predicted octanol–water partition coefficient (Wildman–Crippen LogP) is 21.9. The number of hydrogen-bond donors (Lipinski definition) is 3. The van der Waals surface area contributed by atoms with Crippen LogP contribution in [0.2, 0.25) is 0 Å². The number of aliphatic hydroxyl groups excluding tert-OH is 1. The van der Waals surface area contributed by atoms with E-state index >= 15 is 0 Å². The normalized spacial score (nSPS) is 13.8. The van der Waals surface area contributed by atoms with Crippen LogP contribution in [0.3, 0.4) is 0 Å². The average molecular weight is 1120 g/mol.